The molecule has 2 aromatic rings. The molecule has 86 valence electrons. The fourth-order valence-corrected chi connectivity index (χ4v) is 1.40. The molecule has 2 radical (unpaired) electrons. The molecule has 0 saturated heterocycles. The van der Waals surface area contributed by atoms with Crippen LogP contribution >= 0.6 is 11.6 Å². The molecule has 0 heterocycles. The summed E-state index contributed by atoms with van der Waals surface area (Å²) in [6.07, 6.45) is 0. The van der Waals surface area contributed by atoms with Gasteiger partial charge in [-0.25, -0.2) is 0 Å². The lowest BCUT2D eigenvalue weighted by Gasteiger charge is -2.13. The van der Waals surface area contributed by atoms with Crippen LogP contribution in [-0.2, 0) is 0 Å². The van der Waals surface area contributed by atoms with E-state index in [-0.39, 0.29) is 6.61 Å². The van der Waals surface area contributed by atoms with E-state index >= 15 is 0 Å². The van der Waals surface area contributed by atoms with Gasteiger partial charge in [-0.3, -0.25) is 0 Å². The first-order valence-electron chi connectivity index (χ1n) is 5.21. The number of hydrogen-bond donors (Lipinski definition) is 0. The highest BCUT2D eigenvalue weighted by atomic mass is 35.5. The van der Waals surface area contributed by atoms with Gasteiger partial charge in [-0.2, -0.15) is 0 Å². The lowest BCUT2D eigenvalue weighted by Crippen LogP contribution is -2.18. The molecule has 0 amide bonds. The Labute approximate surface area is 106 Å². The fourth-order valence-electron chi connectivity index (χ4n) is 1.24. The predicted molar refractivity (Wildman–Crippen MR) is 66.3 cm³/mol. The van der Waals surface area contributed by atoms with E-state index in [4.69, 9.17) is 21.1 Å². The van der Waals surface area contributed by atoms with E-state index in [1.165, 1.54) is 0 Å². The lowest BCUT2D eigenvalue weighted by molar-refractivity contribution is 0.187. The monoisotopic (exact) mass is 246 g/mol. The van der Waals surface area contributed by atoms with Gasteiger partial charge in [-0.05, 0) is 12.1 Å². The molecule has 0 saturated carbocycles. The van der Waals surface area contributed by atoms with Gasteiger partial charge in [0.1, 0.15) is 18.1 Å². The Hall–Kier alpha value is -1.67. The third-order valence-electron chi connectivity index (χ3n) is 1.99. The van der Waals surface area contributed by atoms with Crippen LogP contribution in [0.15, 0.2) is 48.5 Å². The maximum atomic E-state index is 5.98. The molecule has 0 aliphatic rings. The van der Waals surface area contributed by atoms with Crippen molar-refractivity contribution in [3.8, 4) is 11.5 Å². The molecule has 0 aliphatic carbocycles. The third kappa shape index (κ3) is 4.00. The Kier molecular flexibility index (Phi) is 4.28. The molecule has 0 N–H and O–H groups in total. The van der Waals surface area contributed by atoms with Gasteiger partial charge in [0, 0.05) is 12.1 Å². The number of benzene rings is 2. The topological polar surface area (TPSA) is 18.5 Å². The Bertz CT molecular complexity index is 430. The standard InChI is InChI=1S/C14H11ClO2/c15-14(17-13-9-5-2-6-10-13)11-16-12-7-3-1-4-8-12/h1-7,9,14H,11H2. The second-order valence-electron chi connectivity index (χ2n) is 3.29. The van der Waals surface area contributed by atoms with E-state index in [0.717, 1.165) is 0 Å². The fraction of sp³-hybridized carbons (Fsp3) is 0.143. The van der Waals surface area contributed by atoms with Crippen LogP contribution in [-0.4, -0.2) is 12.2 Å². The smallest absolute Gasteiger partial charge is 0.205 e. The molecule has 2 nitrogen and oxygen atoms in total. The minimum Gasteiger partial charge on any atom is -0.488 e. The number of para-hydroxylation sites is 2. The highest BCUT2D eigenvalue weighted by Crippen LogP contribution is 2.14. The van der Waals surface area contributed by atoms with Crippen LogP contribution in [0.3, 0.4) is 0 Å². The average molecular weight is 247 g/mol. The van der Waals surface area contributed by atoms with Crippen LogP contribution < -0.4 is 9.47 Å². The summed E-state index contributed by atoms with van der Waals surface area (Å²) in [5.74, 6) is 1.26. The van der Waals surface area contributed by atoms with Gasteiger partial charge >= 0.3 is 0 Å². The summed E-state index contributed by atoms with van der Waals surface area (Å²) in [5, 5.41) is 0. The van der Waals surface area contributed by atoms with E-state index in [0.29, 0.717) is 11.5 Å². The van der Waals surface area contributed by atoms with Gasteiger partial charge in [0.05, 0.1) is 0 Å². The van der Waals surface area contributed by atoms with Crippen LogP contribution in [0.5, 0.6) is 11.5 Å². The normalized spacial score (nSPS) is 11.8. The third-order valence-corrected chi connectivity index (χ3v) is 2.20. The van der Waals surface area contributed by atoms with Crippen molar-refractivity contribution < 1.29 is 9.47 Å². The van der Waals surface area contributed by atoms with Crippen LogP contribution in [0.4, 0.5) is 0 Å². The zero-order chi connectivity index (χ0) is 11.9. The van der Waals surface area contributed by atoms with E-state index in [1.807, 2.05) is 30.3 Å². The minimum atomic E-state index is -0.553. The first kappa shape index (κ1) is 11.8. The van der Waals surface area contributed by atoms with Gasteiger partial charge in [0.2, 0.25) is 5.56 Å². The number of hydrogen-bond acceptors (Lipinski definition) is 2. The second-order valence-corrected chi connectivity index (χ2v) is 3.78. The summed E-state index contributed by atoms with van der Waals surface area (Å²) in [5.41, 5.74) is -0.553. The summed E-state index contributed by atoms with van der Waals surface area (Å²) >= 11 is 5.98. The Morgan fingerprint density at radius 2 is 1.65 bits per heavy atom. The first-order chi connectivity index (χ1) is 8.34. The van der Waals surface area contributed by atoms with Gasteiger partial charge < -0.3 is 9.47 Å². The molecule has 2 aromatic carbocycles. The molecule has 0 aromatic heterocycles. The molecule has 0 bridgehead atoms. The summed E-state index contributed by atoms with van der Waals surface area (Å²) in [4.78, 5) is 0. The molecule has 17 heavy (non-hydrogen) atoms. The number of alkyl halides is 1. The quantitative estimate of drug-likeness (QED) is 0.754. The second kappa shape index (κ2) is 6.16. The Morgan fingerprint density at radius 3 is 2.24 bits per heavy atom. The molecule has 0 aliphatic heterocycles. The molecular weight excluding hydrogens is 236 g/mol. The summed E-state index contributed by atoms with van der Waals surface area (Å²) < 4.78 is 10.8. The minimum absolute atomic E-state index is 0.255. The molecule has 1 unspecified atom stereocenters. The SMILES string of the molecule is ClC(COc1[c]cccc1)Oc1[c]cccc1. The number of rotatable bonds is 5. The first-order valence-corrected chi connectivity index (χ1v) is 5.65. The Morgan fingerprint density at radius 1 is 1.00 bits per heavy atom. The van der Waals surface area contributed by atoms with Gasteiger partial charge in [-0.15, -0.1) is 0 Å². The van der Waals surface area contributed by atoms with Gasteiger partial charge in [0.25, 0.3) is 0 Å². The van der Waals surface area contributed by atoms with Crippen molar-refractivity contribution in [3.05, 3.63) is 60.7 Å². The van der Waals surface area contributed by atoms with Crippen molar-refractivity contribution >= 4 is 11.6 Å². The zero-order valence-electron chi connectivity index (χ0n) is 9.10. The van der Waals surface area contributed by atoms with E-state index in [1.54, 1.807) is 18.2 Å². The molecular formula is C14H11ClO2. The lowest BCUT2D eigenvalue weighted by atomic mass is 10.3. The van der Waals surface area contributed by atoms with Crippen molar-refractivity contribution in [1.82, 2.24) is 0 Å². The van der Waals surface area contributed by atoms with E-state index in [9.17, 15) is 0 Å². The van der Waals surface area contributed by atoms with Crippen LogP contribution in [0.2, 0.25) is 0 Å². The average Bonchev–Trinajstić information content (AvgIpc) is 2.39. The molecule has 1 atom stereocenters. The maximum absolute atomic E-state index is 5.98. The molecule has 3 heteroatoms. The van der Waals surface area contributed by atoms with Gasteiger partial charge in [0.15, 0.2) is 0 Å². The molecule has 0 spiro atoms. The zero-order valence-corrected chi connectivity index (χ0v) is 9.85. The number of ether oxygens (including phenoxy) is 2. The summed E-state index contributed by atoms with van der Waals surface area (Å²) in [7, 11) is 0. The maximum Gasteiger partial charge on any atom is 0.205 e. The Balaban J connectivity index is 1.80. The van der Waals surface area contributed by atoms with Crippen LogP contribution in [0, 0.1) is 12.1 Å². The van der Waals surface area contributed by atoms with E-state index in [2.05, 4.69) is 12.1 Å². The molecule has 0 fully saturated rings. The van der Waals surface area contributed by atoms with Crippen molar-refractivity contribution in [1.29, 1.82) is 0 Å². The molecule has 2 rings (SSSR count). The van der Waals surface area contributed by atoms with Crippen LogP contribution in [0.25, 0.3) is 0 Å². The highest BCUT2D eigenvalue weighted by molar-refractivity contribution is 6.20. The van der Waals surface area contributed by atoms with Crippen molar-refractivity contribution in [2.24, 2.45) is 0 Å². The van der Waals surface area contributed by atoms with Crippen molar-refractivity contribution in [2.75, 3.05) is 6.61 Å². The number of halogens is 1. The van der Waals surface area contributed by atoms with Crippen LogP contribution in [0.1, 0.15) is 0 Å². The summed E-state index contributed by atoms with van der Waals surface area (Å²) in [6.45, 7) is 0.255. The van der Waals surface area contributed by atoms with Crippen molar-refractivity contribution in [2.45, 2.75) is 5.56 Å². The largest absolute Gasteiger partial charge is 0.488 e. The van der Waals surface area contributed by atoms with Gasteiger partial charge in [-0.1, -0.05) is 48.0 Å². The highest BCUT2D eigenvalue weighted by Gasteiger charge is 2.07. The van der Waals surface area contributed by atoms with Crippen molar-refractivity contribution in [3.63, 3.8) is 0 Å². The predicted octanol–water partition coefficient (Wildman–Crippen LogP) is 3.31. The summed E-state index contributed by atoms with van der Waals surface area (Å²) in [6, 6.07) is 20.5. The van der Waals surface area contributed by atoms with E-state index < -0.39 is 5.56 Å².